The van der Waals surface area contributed by atoms with Crippen LogP contribution in [0, 0.1) is 10.7 Å². The monoisotopic (exact) mass is 710 g/mol. The first kappa shape index (κ1) is 24.3. The summed E-state index contributed by atoms with van der Waals surface area (Å²) in [4.78, 5) is 11.6. The number of hydrogen-bond donors (Lipinski definition) is 6. The van der Waals surface area contributed by atoms with E-state index in [2.05, 4.69) is 0 Å². The number of halogens is 3. The van der Waals surface area contributed by atoms with Crippen molar-refractivity contribution in [2.24, 2.45) is 0 Å². The van der Waals surface area contributed by atoms with Gasteiger partial charge in [0.25, 0.3) is 0 Å². The van der Waals surface area contributed by atoms with Crippen molar-refractivity contribution in [2.45, 2.75) is 18.3 Å². The fourth-order valence-corrected chi connectivity index (χ4v) is 5.94. The second kappa shape index (κ2) is 11.3. The molecule has 3 atom stereocenters. The molecule has 0 aliphatic carbocycles. The molecule has 1 rings (SSSR count). The molecular formula is C14H17I3O9. The summed E-state index contributed by atoms with van der Waals surface area (Å²) in [7, 11) is 0. The first-order valence-corrected chi connectivity index (χ1v) is 10.3. The lowest BCUT2D eigenvalue weighted by molar-refractivity contribution is -0.0342. The van der Waals surface area contributed by atoms with Gasteiger partial charge in [0.2, 0.25) is 0 Å². The molecule has 9 nitrogen and oxygen atoms in total. The lowest BCUT2D eigenvalue weighted by Crippen LogP contribution is -2.34. The van der Waals surface area contributed by atoms with Crippen LogP contribution in [0.4, 0.5) is 0 Å². The molecule has 26 heavy (non-hydrogen) atoms. The third kappa shape index (κ3) is 6.14. The van der Waals surface area contributed by atoms with E-state index in [0.29, 0.717) is 3.57 Å². The summed E-state index contributed by atoms with van der Waals surface area (Å²) in [5.41, 5.74) is -0.0766. The Labute approximate surface area is 189 Å². The number of carboxylic acid groups (broad SMARTS) is 1. The van der Waals surface area contributed by atoms with Crippen LogP contribution in [0.2, 0.25) is 0 Å². The highest BCUT2D eigenvalue weighted by molar-refractivity contribution is 14.1. The summed E-state index contributed by atoms with van der Waals surface area (Å²) in [5, 5.41) is 55.8. The maximum Gasteiger partial charge on any atom is 0.338 e. The Balaban J connectivity index is 3.26. The molecule has 0 aliphatic heterocycles. The summed E-state index contributed by atoms with van der Waals surface area (Å²) in [5.74, 6) is -0.936. The molecule has 1 aromatic carbocycles. The van der Waals surface area contributed by atoms with E-state index >= 15 is 0 Å². The summed E-state index contributed by atoms with van der Waals surface area (Å²) in [6.45, 7) is -1.81. The van der Waals surface area contributed by atoms with Crippen LogP contribution in [0.5, 0.6) is 11.5 Å². The average molecular weight is 710 g/mol. The molecule has 12 heteroatoms. The zero-order valence-electron chi connectivity index (χ0n) is 13.1. The van der Waals surface area contributed by atoms with Gasteiger partial charge in [-0.3, -0.25) is 0 Å². The minimum atomic E-state index is -1.40. The summed E-state index contributed by atoms with van der Waals surface area (Å²) in [6.07, 6.45) is -3.91. The molecule has 0 aromatic heterocycles. The summed E-state index contributed by atoms with van der Waals surface area (Å²) >= 11 is 5.47. The Bertz CT molecular complexity index is 641. The molecule has 3 unspecified atom stereocenters. The van der Waals surface area contributed by atoms with Gasteiger partial charge in [-0.15, -0.1) is 0 Å². The molecule has 0 amide bonds. The van der Waals surface area contributed by atoms with Crippen molar-refractivity contribution in [3.05, 3.63) is 16.3 Å². The molecular weight excluding hydrogens is 693 g/mol. The van der Waals surface area contributed by atoms with Gasteiger partial charge >= 0.3 is 5.97 Å². The number of benzene rings is 1. The number of ether oxygens (including phenoxy) is 2. The van der Waals surface area contributed by atoms with Crippen molar-refractivity contribution in [3.63, 3.8) is 0 Å². The molecule has 0 fully saturated rings. The first-order valence-electron chi connectivity index (χ1n) is 7.10. The standard InChI is InChI=1S/C14H17I3O9/c15-9-8(14(23)24)10(16)13(26-4-7(22)6(21)2-19)11(17)12(9)25-3-5(20)1-18/h5-7,18-22H,1-4H2,(H,23,24). The van der Waals surface area contributed by atoms with Gasteiger partial charge in [0.15, 0.2) is 11.5 Å². The number of carbonyl (C=O) groups is 1. The molecule has 1 aromatic rings. The zero-order chi connectivity index (χ0) is 20.0. The van der Waals surface area contributed by atoms with Crippen molar-refractivity contribution in [1.29, 1.82) is 0 Å². The van der Waals surface area contributed by atoms with E-state index < -0.39 is 37.5 Å². The minimum Gasteiger partial charge on any atom is -0.488 e. The second-order valence-corrected chi connectivity index (χ2v) is 8.29. The molecule has 0 aliphatic rings. The second-order valence-electron chi connectivity index (χ2n) is 5.06. The van der Waals surface area contributed by atoms with Gasteiger partial charge in [-0.25, -0.2) is 4.79 Å². The zero-order valence-corrected chi connectivity index (χ0v) is 19.6. The van der Waals surface area contributed by atoms with Crippen LogP contribution in [0.1, 0.15) is 10.4 Å². The van der Waals surface area contributed by atoms with E-state index in [1.165, 1.54) is 0 Å². The van der Waals surface area contributed by atoms with Gasteiger partial charge in [0.1, 0.15) is 31.5 Å². The smallest absolute Gasteiger partial charge is 0.338 e. The van der Waals surface area contributed by atoms with Gasteiger partial charge < -0.3 is 40.1 Å². The molecule has 0 spiro atoms. The van der Waals surface area contributed by atoms with E-state index in [1.54, 1.807) is 45.2 Å². The van der Waals surface area contributed by atoms with Gasteiger partial charge in [-0.2, -0.15) is 0 Å². The van der Waals surface area contributed by atoms with Crippen LogP contribution in [0.15, 0.2) is 0 Å². The molecule has 0 bridgehead atoms. The molecule has 6 N–H and O–H groups in total. The highest BCUT2D eigenvalue weighted by Gasteiger charge is 2.28. The van der Waals surface area contributed by atoms with Crippen LogP contribution >= 0.6 is 67.8 Å². The molecule has 0 saturated heterocycles. The number of aliphatic hydroxyl groups is 5. The predicted octanol–water partition coefficient (Wildman–Crippen LogP) is 0.0235. The third-order valence-electron chi connectivity index (χ3n) is 3.11. The average Bonchev–Trinajstić information content (AvgIpc) is 2.59. The number of aliphatic hydroxyl groups excluding tert-OH is 5. The minimum absolute atomic E-state index is 0.0766. The lowest BCUT2D eigenvalue weighted by atomic mass is 10.2. The number of rotatable bonds is 10. The van der Waals surface area contributed by atoms with Crippen molar-refractivity contribution in [2.75, 3.05) is 26.4 Å². The molecule has 0 saturated carbocycles. The maximum atomic E-state index is 11.6. The molecule has 0 radical (unpaired) electrons. The van der Waals surface area contributed by atoms with Crippen molar-refractivity contribution in [1.82, 2.24) is 0 Å². The van der Waals surface area contributed by atoms with Crippen LogP contribution in [0.25, 0.3) is 0 Å². The van der Waals surface area contributed by atoms with Gasteiger partial charge in [-0.1, -0.05) is 0 Å². The topological polar surface area (TPSA) is 157 Å². The summed E-state index contributed by atoms with van der Waals surface area (Å²) < 4.78 is 11.9. The van der Waals surface area contributed by atoms with Gasteiger partial charge in [0.05, 0.1) is 29.5 Å². The predicted molar refractivity (Wildman–Crippen MR) is 115 cm³/mol. The van der Waals surface area contributed by atoms with Crippen LogP contribution in [-0.2, 0) is 0 Å². The highest BCUT2D eigenvalue weighted by Crippen LogP contribution is 2.41. The fourth-order valence-electron chi connectivity index (χ4n) is 1.69. The van der Waals surface area contributed by atoms with Crippen molar-refractivity contribution < 1.29 is 44.9 Å². The van der Waals surface area contributed by atoms with Gasteiger partial charge in [0, 0.05) is 0 Å². The SMILES string of the molecule is O=C(O)c1c(I)c(OCC(O)CO)c(I)c(OCC(O)C(O)CO)c1I. The van der Waals surface area contributed by atoms with E-state index in [0.717, 1.165) is 0 Å². The van der Waals surface area contributed by atoms with Crippen molar-refractivity contribution >= 4 is 73.7 Å². The Morgan fingerprint density at radius 2 is 1.35 bits per heavy atom. The number of aromatic carboxylic acids is 1. The fraction of sp³-hybridized carbons (Fsp3) is 0.500. The Morgan fingerprint density at radius 3 is 1.77 bits per heavy atom. The van der Waals surface area contributed by atoms with Crippen LogP contribution < -0.4 is 9.47 Å². The quantitative estimate of drug-likeness (QED) is 0.185. The van der Waals surface area contributed by atoms with Gasteiger partial charge in [-0.05, 0) is 67.8 Å². The third-order valence-corrected chi connectivity index (χ3v) is 6.15. The Kier molecular flexibility index (Phi) is 10.6. The Hall–Kier alpha value is 0.280. The van der Waals surface area contributed by atoms with Crippen LogP contribution in [0.3, 0.4) is 0 Å². The molecule has 148 valence electrons. The molecule has 0 heterocycles. The highest BCUT2D eigenvalue weighted by atomic mass is 127. The van der Waals surface area contributed by atoms with E-state index in [-0.39, 0.29) is 37.4 Å². The van der Waals surface area contributed by atoms with Crippen LogP contribution in [-0.4, -0.2) is 81.3 Å². The number of hydrogen-bond acceptors (Lipinski definition) is 8. The number of carboxylic acids is 1. The lowest BCUT2D eigenvalue weighted by Gasteiger charge is -2.21. The maximum absolute atomic E-state index is 11.6. The first-order chi connectivity index (χ1) is 12.1. The normalized spacial score (nSPS) is 14.6. The van der Waals surface area contributed by atoms with E-state index in [4.69, 9.17) is 19.7 Å². The van der Waals surface area contributed by atoms with Crippen molar-refractivity contribution in [3.8, 4) is 11.5 Å². The van der Waals surface area contributed by atoms with E-state index in [1.807, 2.05) is 22.6 Å². The van der Waals surface area contributed by atoms with E-state index in [9.17, 15) is 25.2 Å². The Morgan fingerprint density at radius 1 is 0.846 bits per heavy atom. The largest absolute Gasteiger partial charge is 0.488 e. The summed E-state index contributed by atoms with van der Waals surface area (Å²) in [6, 6.07) is 0.